The second kappa shape index (κ2) is 10.1. The van der Waals surface area contributed by atoms with Gasteiger partial charge in [0.1, 0.15) is 29.6 Å². The Hall–Kier alpha value is -2.82. The summed E-state index contributed by atoms with van der Waals surface area (Å²) in [6.07, 6.45) is 4.85. The van der Waals surface area contributed by atoms with E-state index >= 15 is 0 Å². The molecule has 5 heteroatoms. The predicted octanol–water partition coefficient (Wildman–Crippen LogP) is 4.83. The summed E-state index contributed by atoms with van der Waals surface area (Å²) in [5.41, 5.74) is 1.20. The molecule has 154 valence electrons. The van der Waals surface area contributed by atoms with Gasteiger partial charge >= 0.3 is 5.97 Å². The van der Waals surface area contributed by atoms with Gasteiger partial charge < -0.3 is 14.2 Å². The molecule has 0 N–H and O–H groups in total. The maximum absolute atomic E-state index is 13.6. The van der Waals surface area contributed by atoms with E-state index in [4.69, 9.17) is 14.2 Å². The van der Waals surface area contributed by atoms with Crippen LogP contribution < -0.4 is 9.47 Å². The molecule has 0 amide bonds. The third-order valence-electron chi connectivity index (χ3n) is 5.56. The summed E-state index contributed by atoms with van der Waals surface area (Å²) in [5, 5.41) is 0. The Morgan fingerprint density at radius 1 is 0.897 bits per heavy atom. The average molecular weight is 396 g/mol. The first-order valence-corrected chi connectivity index (χ1v) is 10.1. The summed E-state index contributed by atoms with van der Waals surface area (Å²) in [5.74, 6) is -0.835. The minimum absolute atomic E-state index is 0.0332. The van der Waals surface area contributed by atoms with Crippen LogP contribution in [0, 0.1) is 11.8 Å². The minimum Gasteiger partial charge on any atom is -0.496 e. The van der Waals surface area contributed by atoms with Gasteiger partial charge in [-0.05, 0) is 36.5 Å². The Morgan fingerprint density at radius 3 is 2.10 bits per heavy atom. The highest BCUT2D eigenvalue weighted by atomic mass is 16.5. The molecule has 1 atom stereocenters. The monoisotopic (exact) mass is 396 g/mol. The number of benzene rings is 2. The fraction of sp³-hybridized carbons (Fsp3) is 0.417. The van der Waals surface area contributed by atoms with Crippen LogP contribution in [0.1, 0.15) is 48.0 Å². The van der Waals surface area contributed by atoms with E-state index in [2.05, 4.69) is 0 Å². The summed E-state index contributed by atoms with van der Waals surface area (Å²) in [6, 6.07) is 14.7. The molecule has 0 radical (unpaired) electrons. The molecule has 0 bridgehead atoms. The molecule has 0 aliphatic heterocycles. The molecule has 2 aromatic rings. The van der Waals surface area contributed by atoms with Gasteiger partial charge in [-0.15, -0.1) is 0 Å². The third kappa shape index (κ3) is 4.97. The van der Waals surface area contributed by atoms with E-state index in [9.17, 15) is 9.59 Å². The van der Waals surface area contributed by atoms with Crippen LogP contribution in [0.5, 0.6) is 11.5 Å². The predicted molar refractivity (Wildman–Crippen MR) is 110 cm³/mol. The number of methoxy groups -OCH3 is 2. The molecule has 1 aliphatic carbocycles. The van der Waals surface area contributed by atoms with Gasteiger partial charge in [-0.25, -0.2) is 0 Å². The Bertz CT molecular complexity index is 802. The van der Waals surface area contributed by atoms with E-state index in [0.717, 1.165) is 37.7 Å². The standard InChI is InChI=1S/C24H28O5/c1-27-19-14-9-15-20(28-2)22(19)23(25)21(18-12-7-4-8-13-18)24(26)29-16-17-10-5-3-6-11-17/h3,5-6,9-11,14-15,18,21H,4,7-8,12-13,16H2,1-2H3. The lowest BCUT2D eigenvalue weighted by Crippen LogP contribution is -2.34. The lowest BCUT2D eigenvalue weighted by atomic mass is 9.76. The molecule has 1 unspecified atom stereocenters. The van der Waals surface area contributed by atoms with Crippen LogP contribution in [0.25, 0.3) is 0 Å². The highest BCUT2D eigenvalue weighted by molar-refractivity contribution is 6.11. The van der Waals surface area contributed by atoms with Gasteiger partial charge in [0.05, 0.1) is 14.2 Å². The van der Waals surface area contributed by atoms with Crippen LogP contribution in [-0.2, 0) is 16.1 Å². The molecule has 5 nitrogen and oxygen atoms in total. The fourth-order valence-electron chi connectivity index (χ4n) is 4.05. The van der Waals surface area contributed by atoms with Crippen LogP contribution in [0.3, 0.4) is 0 Å². The third-order valence-corrected chi connectivity index (χ3v) is 5.56. The van der Waals surface area contributed by atoms with Gasteiger partial charge in [0.25, 0.3) is 0 Å². The second-order valence-electron chi connectivity index (χ2n) is 7.37. The summed E-state index contributed by atoms with van der Waals surface area (Å²) in [7, 11) is 3.02. The Kier molecular flexibility index (Phi) is 7.28. The fourth-order valence-corrected chi connectivity index (χ4v) is 4.05. The largest absolute Gasteiger partial charge is 0.496 e. The van der Waals surface area contributed by atoms with Crippen molar-refractivity contribution in [1.29, 1.82) is 0 Å². The molecule has 0 aromatic heterocycles. The van der Waals surface area contributed by atoms with Crippen LogP contribution in [-0.4, -0.2) is 26.0 Å². The second-order valence-corrected chi connectivity index (χ2v) is 7.37. The zero-order valence-corrected chi connectivity index (χ0v) is 17.1. The summed E-state index contributed by atoms with van der Waals surface area (Å²) in [6.45, 7) is 0.152. The van der Waals surface area contributed by atoms with E-state index in [0.29, 0.717) is 17.1 Å². The number of ether oxygens (including phenoxy) is 3. The minimum atomic E-state index is -0.857. The summed E-state index contributed by atoms with van der Waals surface area (Å²) >= 11 is 0. The van der Waals surface area contributed by atoms with Crippen molar-refractivity contribution in [2.45, 2.75) is 38.7 Å². The SMILES string of the molecule is COc1cccc(OC)c1C(=O)C(C(=O)OCc1ccccc1)C1CCCCC1. The Morgan fingerprint density at radius 2 is 1.52 bits per heavy atom. The number of esters is 1. The van der Waals surface area contributed by atoms with Gasteiger partial charge in [0, 0.05) is 0 Å². The van der Waals surface area contributed by atoms with E-state index < -0.39 is 11.9 Å². The van der Waals surface area contributed by atoms with Crippen LogP contribution in [0.4, 0.5) is 0 Å². The van der Waals surface area contributed by atoms with Crippen molar-refractivity contribution in [3.8, 4) is 11.5 Å². The highest BCUT2D eigenvalue weighted by Gasteiger charge is 2.39. The zero-order chi connectivity index (χ0) is 20.6. The van der Waals surface area contributed by atoms with E-state index in [1.807, 2.05) is 30.3 Å². The van der Waals surface area contributed by atoms with Crippen molar-refractivity contribution in [2.75, 3.05) is 14.2 Å². The smallest absolute Gasteiger partial charge is 0.317 e. The van der Waals surface area contributed by atoms with Crippen molar-refractivity contribution in [2.24, 2.45) is 11.8 Å². The maximum Gasteiger partial charge on any atom is 0.317 e. The van der Waals surface area contributed by atoms with Crippen molar-refractivity contribution in [1.82, 2.24) is 0 Å². The normalized spacial score (nSPS) is 15.4. The first-order valence-electron chi connectivity index (χ1n) is 10.1. The number of carbonyl (C=O) groups excluding carboxylic acids is 2. The molecule has 0 spiro atoms. The van der Waals surface area contributed by atoms with Gasteiger partial charge in [-0.3, -0.25) is 9.59 Å². The highest BCUT2D eigenvalue weighted by Crippen LogP contribution is 2.37. The maximum atomic E-state index is 13.6. The van der Waals surface area contributed by atoms with Gasteiger partial charge in [-0.2, -0.15) is 0 Å². The topological polar surface area (TPSA) is 61.8 Å². The molecule has 1 saturated carbocycles. The molecule has 0 saturated heterocycles. The summed E-state index contributed by atoms with van der Waals surface area (Å²) < 4.78 is 16.4. The van der Waals surface area contributed by atoms with Gasteiger partial charge in [0.15, 0.2) is 5.78 Å². The first-order chi connectivity index (χ1) is 14.2. The Balaban J connectivity index is 1.89. The lowest BCUT2D eigenvalue weighted by Gasteiger charge is -2.28. The first kappa shape index (κ1) is 20.9. The number of hydrogen-bond donors (Lipinski definition) is 0. The van der Waals surface area contributed by atoms with Crippen LogP contribution in [0.2, 0.25) is 0 Å². The summed E-state index contributed by atoms with van der Waals surface area (Å²) in [4.78, 5) is 26.7. The van der Waals surface area contributed by atoms with Gasteiger partial charge in [0.2, 0.25) is 0 Å². The number of hydrogen-bond acceptors (Lipinski definition) is 5. The molecule has 29 heavy (non-hydrogen) atoms. The van der Waals surface area contributed by atoms with Crippen molar-refractivity contribution in [3.05, 3.63) is 59.7 Å². The van der Waals surface area contributed by atoms with Gasteiger partial charge in [-0.1, -0.05) is 55.7 Å². The molecular weight excluding hydrogens is 368 g/mol. The number of rotatable bonds is 8. The number of Topliss-reactive ketones (excluding diaryl/α,β-unsaturated/α-hetero) is 1. The van der Waals surface area contributed by atoms with Crippen LogP contribution in [0.15, 0.2) is 48.5 Å². The van der Waals surface area contributed by atoms with E-state index in [-0.39, 0.29) is 18.3 Å². The van der Waals surface area contributed by atoms with Crippen molar-refractivity contribution >= 4 is 11.8 Å². The van der Waals surface area contributed by atoms with Crippen LogP contribution >= 0.6 is 0 Å². The number of carbonyl (C=O) groups is 2. The van der Waals surface area contributed by atoms with E-state index in [1.165, 1.54) is 14.2 Å². The van der Waals surface area contributed by atoms with Crippen molar-refractivity contribution < 1.29 is 23.8 Å². The molecule has 1 aliphatic rings. The molecule has 1 fully saturated rings. The molecule has 3 rings (SSSR count). The Labute approximate surface area is 172 Å². The average Bonchev–Trinajstić information content (AvgIpc) is 2.78. The molecule has 0 heterocycles. The van der Waals surface area contributed by atoms with E-state index in [1.54, 1.807) is 18.2 Å². The van der Waals surface area contributed by atoms with Crippen molar-refractivity contribution in [3.63, 3.8) is 0 Å². The quantitative estimate of drug-likeness (QED) is 0.363. The zero-order valence-electron chi connectivity index (χ0n) is 17.1. The number of ketones is 1. The molecular formula is C24H28O5. The lowest BCUT2D eigenvalue weighted by molar-refractivity contribution is -0.150. The molecule has 2 aromatic carbocycles.